The number of carbonyl (C=O) groups is 1. The molecular formula is C16H32NO5S+. The highest BCUT2D eigenvalue weighted by atomic mass is 32.2. The molecule has 6 nitrogen and oxygen atoms in total. The number of carbonyl (C=O) groups excluding carboxylic acids is 1. The van der Waals surface area contributed by atoms with Crippen LogP contribution in [0.1, 0.15) is 52.9 Å². The van der Waals surface area contributed by atoms with Crippen LogP contribution < -0.4 is 0 Å². The molecule has 0 saturated heterocycles. The maximum Gasteiger partial charge on any atom is 0.334 e. The van der Waals surface area contributed by atoms with Gasteiger partial charge in [0, 0.05) is 12.5 Å². The van der Waals surface area contributed by atoms with Crippen molar-refractivity contribution < 1.29 is 27.0 Å². The third kappa shape index (κ3) is 9.07. The van der Waals surface area contributed by atoms with Crippen molar-refractivity contribution in [2.75, 3.05) is 25.6 Å². The summed E-state index contributed by atoms with van der Waals surface area (Å²) >= 11 is 0. The molecule has 1 unspecified atom stereocenters. The molecule has 0 rings (SSSR count). The van der Waals surface area contributed by atoms with Crippen molar-refractivity contribution in [3.05, 3.63) is 12.7 Å². The lowest BCUT2D eigenvalue weighted by Crippen LogP contribution is -2.57. The number of rotatable bonds is 13. The van der Waals surface area contributed by atoms with Crippen molar-refractivity contribution in [1.29, 1.82) is 0 Å². The van der Waals surface area contributed by atoms with E-state index in [-0.39, 0.29) is 18.5 Å². The lowest BCUT2D eigenvalue weighted by atomic mass is 10.1. The van der Waals surface area contributed by atoms with Gasteiger partial charge in [0.15, 0.2) is 0 Å². The Bertz CT molecular complexity index is 453. The minimum absolute atomic E-state index is 0.0346. The smallest absolute Gasteiger partial charge is 0.334 e. The lowest BCUT2D eigenvalue weighted by Gasteiger charge is -2.43. The van der Waals surface area contributed by atoms with Gasteiger partial charge < -0.3 is 4.74 Å². The minimum atomic E-state index is -3.99. The Morgan fingerprint density at radius 1 is 1.26 bits per heavy atom. The van der Waals surface area contributed by atoms with Crippen LogP contribution in [-0.2, 0) is 19.6 Å². The normalized spacial score (nSPS) is 13.6. The summed E-state index contributed by atoms with van der Waals surface area (Å²) in [6, 6.07) is -0.0346. The fraction of sp³-hybridized carbons (Fsp3) is 0.812. The largest absolute Gasteiger partial charge is 0.412 e. The maximum atomic E-state index is 11.5. The van der Waals surface area contributed by atoms with Gasteiger partial charge >= 0.3 is 5.97 Å². The Balaban J connectivity index is 5.20. The Labute approximate surface area is 140 Å². The first-order valence-corrected chi connectivity index (χ1v) is 9.91. The lowest BCUT2D eigenvalue weighted by molar-refractivity contribution is -0.964. The zero-order chi connectivity index (χ0) is 17.9. The summed E-state index contributed by atoms with van der Waals surface area (Å²) in [6.45, 7) is 11.4. The number of hydrogen-bond donors (Lipinski definition) is 1. The summed E-state index contributed by atoms with van der Waals surface area (Å²) in [5.41, 5.74) is 0. The van der Waals surface area contributed by atoms with Crippen molar-refractivity contribution in [2.45, 2.75) is 58.9 Å². The van der Waals surface area contributed by atoms with Gasteiger partial charge in [-0.15, -0.1) is 0 Å². The molecule has 23 heavy (non-hydrogen) atoms. The van der Waals surface area contributed by atoms with Crippen LogP contribution in [-0.4, -0.2) is 55.0 Å². The van der Waals surface area contributed by atoms with Crippen LogP contribution in [0, 0.1) is 0 Å². The molecule has 1 N–H and O–H groups in total. The van der Waals surface area contributed by atoms with Crippen LogP contribution in [0.15, 0.2) is 12.7 Å². The van der Waals surface area contributed by atoms with Crippen molar-refractivity contribution in [1.82, 2.24) is 0 Å². The van der Waals surface area contributed by atoms with Gasteiger partial charge in [0.1, 0.15) is 0 Å². The third-order valence-corrected chi connectivity index (χ3v) is 5.02. The molecule has 0 aliphatic heterocycles. The van der Waals surface area contributed by atoms with Crippen LogP contribution >= 0.6 is 0 Å². The number of nitrogens with zero attached hydrogens (tertiary/aromatic N) is 1. The number of unbranched alkanes of at least 4 members (excludes halogenated alkanes) is 2. The van der Waals surface area contributed by atoms with Gasteiger partial charge in [-0.25, -0.2) is 4.79 Å². The highest BCUT2D eigenvalue weighted by Gasteiger charge is 2.34. The van der Waals surface area contributed by atoms with E-state index in [2.05, 4.69) is 20.4 Å². The highest BCUT2D eigenvalue weighted by Crippen LogP contribution is 2.21. The van der Waals surface area contributed by atoms with Crippen molar-refractivity contribution in [3.8, 4) is 0 Å². The highest BCUT2D eigenvalue weighted by molar-refractivity contribution is 7.85. The average Bonchev–Trinajstić information content (AvgIpc) is 2.51. The van der Waals surface area contributed by atoms with Gasteiger partial charge in [0.2, 0.25) is 6.73 Å². The quantitative estimate of drug-likeness (QED) is 0.182. The summed E-state index contributed by atoms with van der Waals surface area (Å²) in [4.78, 5) is 11.5. The fourth-order valence-electron chi connectivity index (χ4n) is 2.60. The molecule has 136 valence electrons. The Morgan fingerprint density at radius 2 is 1.78 bits per heavy atom. The second kappa shape index (κ2) is 10.8. The molecular weight excluding hydrogens is 318 g/mol. The zero-order valence-electron chi connectivity index (χ0n) is 14.7. The van der Waals surface area contributed by atoms with E-state index in [1.54, 1.807) is 0 Å². The van der Waals surface area contributed by atoms with E-state index >= 15 is 0 Å². The van der Waals surface area contributed by atoms with E-state index < -0.39 is 16.1 Å². The summed E-state index contributed by atoms with van der Waals surface area (Å²) in [7, 11) is -3.99. The molecule has 0 heterocycles. The molecule has 0 saturated carbocycles. The first-order valence-electron chi connectivity index (χ1n) is 8.31. The van der Waals surface area contributed by atoms with Crippen molar-refractivity contribution in [3.63, 3.8) is 0 Å². The van der Waals surface area contributed by atoms with E-state index in [4.69, 9.17) is 9.29 Å². The standard InChI is InChI=1S/C16H31NO5S/c1-5-8-11-17(12-9-6-2,14-22-16(18)7-3)15(4)10-13-23(19,20)21/h7,15H,3,5-6,8-14H2,1-2,4H3/p+1. The summed E-state index contributed by atoms with van der Waals surface area (Å²) < 4.78 is 36.9. The minimum Gasteiger partial charge on any atom is -0.412 e. The Hall–Kier alpha value is -0.920. The van der Waals surface area contributed by atoms with Crippen LogP contribution in [0.2, 0.25) is 0 Å². The molecule has 0 aromatic rings. The third-order valence-electron chi connectivity index (χ3n) is 4.27. The van der Waals surface area contributed by atoms with Gasteiger partial charge in [-0.3, -0.25) is 9.04 Å². The first kappa shape index (κ1) is 22.1. The second-order valence-electron chi connectivity index (χ2n) is 6.09. The molecule has 0 fully saturated rings. The number of hydrogen-bond acceptors (Lipinski definition) is 4. The van der Waals surface area contributed by atoms with Gasteiger partial charge in [-0.1, -0.05) is 33.3 Å². The monoisotopic (exact) mass is 350 g/mol. The molecule has 0 aliphatic carbocycles. The Morgan fingerprint density at radius 3 is 2.17 bits per heavy atom. The maximum absolute atomic E-state index is 11.5. The first-order chi connectivity index (χ1) is 10.7. The van der Waals surface area contributed by atoms with Gasteiger partial charge in [0.05, 0.1) is 24.9 Å². The molecule has 0 bridgehead atoms. The van der Waals surface area contributed by atoms with Crippen molar-refractivity contribution >= 4 is 16.1 Å². The predicted molar refractivity (Wildman–Crippen MR) is 91.5 cm³/mol. The van der Waals surface area contributed by atoms with Gasteiger partial charge in [0.25, 0.3) is 10.1 Å². The summed E-state index contributed by atoms with van der Waals surface area (Å²) in [5.74, 6) is -0.746. The van der Waals surface area contributed by atoms with E-state index in [1.807, 2.05) is 6.92 Å². The zero-order valence-corrected chi connectivity index (χ0v) is 15.5. The van der Waals surface area contributed by atoms with Crippen LogP contribution in [0.5, 0.6) is 0 Å². The van der Waals surface area contributed by atoms with Crippen LogP contribution in [0.25, 0.3) is 0 Å². The van der Waals surface area contributed by atoms with Gasteiger partial charge in [-0.05, 0) is 19.8 Å². The van der Waals surface area contributed by atoms with Gasteiger partial charge in [-0.2, -0.15) is 8.42 Å². The fourth-order valence-corrected chi connectivity index (χ4v) is 3.24. The summed E-state index contributed by atoms with van der Waals surface area (Å²) in [6.07, 6.45) is 5.41. The second-order valence-corrected chi connectivity index (χ2v) is 7.67. The molecule has 0 aliphatic rings. The van der Waals surface area contributed by atoms with Crippen LogP contribution in [0.3, 0.4) is 0 Å². The predicted octanol–water partition coefficient (Wildman–Crippen LogP) is 2.76. The van der Waals surface area contributed by atoms with E-state index in [1.165, 1.54) is 0 Å². The SMILES string of the molecule is C=CC(=O)OC[N+](CCCC)(CCCC)C(C)CCS(=O)(=O)O. The Kier molecular flexibility index (Phi) is 10.3. The number of quaternary nitrogens is 1. The molecule has 7 heteroatoms. The molecule has 0 radical (unpaired) electrons. The molecule has 0 amide bonds. The topological polar surface area (TPSA) is 80.7 Å². The molecule has 0 aromatic heterocycles. The van der Waals surface area contributed by atoms with Crippen LogP contribution in [0.4, 0.5) is 0 Å². The van der Waals surface area contributed by atoms with E-state index in [0.717, 1.165) is 44.8 Å². The molecule has 0 spiro atoms. The number of esters is 1. The summed E-state index contributed by atoms with van der Waals surface area (Å²) in [5, 5.41) is 0. The average molecular weight is 351 g/mol. The number of ether oxygens (including phenoxy) is 1. The molecule has 0 aromatic carbocycles. The van der Waals surface area contributed by atoms with E-state index in [0.29, 0.717) is 10.9 Å². The molecule has 1 atom stereocenters. The van der Waals surface area contributed by atoms with E-state index in [9.17, 15) is 13.2 Å². The van der Waals surface area contributed by atoms with Crippen molar-refractivity contribution in [2.24, 2.45) is 0 Å².